The minimum atomic E-state index is 1.04. The molecule has 4 aliphatic rings. The second-order valence-corrected chi connectivity index (χ2v) is 15.7. The van der Waals surface area contributed by atoms with Gasteiger partial charge in [-0.15, -0.1) is 0 Å². The zero-order valence-corrected chi connectivity index (χ0v) is 31.6. The summed E-state index contributed by atoms with van der Waals surface area (Å²) < 4.78 is 0. The van der Waals surface area contributed by atoms with Crippen LogP contribution in [0.5, 0.6) is 0 Å². The zero-order valence-electron chi connectivity index (χ0n) is 31.6. The van der Waals surface area contributed by atoms with Crippen LogP contribution >= 0.6 is 0 Å². The highest BCUT2D eigenvalue weighted by Crippen LogP contribution is 2.57. The third-order valence-corrected chi connectivity index (χ3v) is 12.9. The minimum absolute atomic E-state index is 1.04. The van der Waals surface area contributed by atoms with Gasteiger partial charge >= 0.3 is 0 Å². The maximum atomic E-state index is 2.48. The molecule has 4 heterocycles. The number of aryl methyl sites for hydroxylation is 4. The van der Waals surface area contributed by atoms with Crippen molar-refractivity contribution >= 4 is 67.6 Å². The lowest BCUT2D eigenvalue weighted by atomic mass is 9.84. The highest BCUT2D eigenvalue weighted by molar-refractivity contribution is 6.23. The second-order valence-electron chi connectivity index (χ2n) is 15.7. The fourth-order valence-electron chi connectivity index (χ4n) is 10.2. The smallest absolute Gasteiger partial charge is 0.0509 e. The van der Waals surface area contributed by atoms with Crippen molar-refractivity contribution in [1.82, 2.24) is 0 Å². The number of fused-ring (bicyclic) bond motifs is 8. The van der Waals surface area contributed by atoms with Crippen molar-refractivity contribution in [3.63, 3.8) is 0 Å². The summed E-state index contributed by atoms with van der Waals surface area (Å²) in [5.74, 6) is 0. The summed E-state index contributed by atoms with van der Waals surface area (Å²) in [6.45, 7) is 0. The molecular weight excluding hydrogens is 681 g/mol. The fraction of sp³-hybridized carbons (Fsp3) is 0.115. The molecule has 0 aliphatic carbocycles. The van der Waals surface area contributed by atoms with Crippen LogP contribution in [0, 0.1) is 0 Å². The van der Waals surface area contributed by atoms with Crippen molar-refractivity contribution in [2.75, 3.05) is 33.7 Å². The van der Waals surface area contributed by atoms with E-state index in [0.29, 0.717) is 0 Å². The fourth-order valence-corrected chi connectivity index (χ4v) is 10.2. The van der Waals surface area contributed by atoms with Gasteiger partial charge in [-0.3, -0.25) is 0 Å². The van der Waals surface area contributed by atoms with Gasteiger partial charge in [-0.2, -0.15) is 0 Å². The van der Waals surface area contributed by atoms with E-state index < -0.39 is 0 Å². The molecule has 0 saturated heterocycles. The van der Waals surface area contributed by atoms with Crippen LogP contribution in [0.25, 0.3) is 33.0 Å². The quantitative estimate of drug-likeness (QED) is 0.176. The molecular formula is C52H40N4. The lowest BCUT2D eigenvalue weighted by Crippen LogP contribution is -2.20. The number of anilines is 10. The summed E-state index contributed by atoms with van der Waals surface area (Å²) in [7, 11) is 4.48. The van der Waals surface area contributed by atoms with Gasteiger partial charge in [-0.25, -0.2) is 0 Å². The molecule has 4 aliphatic heterocycles. The molecule has 8 aromatic rings. The lowest BCUT2D eigenvalue weighted by molar-refractivity contribution is 0.977. The molecule has 0 aromatic heterocycles. The average Bonchev–Trinajstić information content (AvgIpc) is 3.53. The molecule has 0 radical (unpaired) electrons. The van der Waals surface area contributed by atoms with E-state index in [1.807, 2.05) is 0 Å². The predicted molar refractivity (Wildman–Crippen MR) is 235 cm³/mol. The van der Waals surface area contributed by atoms with E-state index in [4.69, 9.17) is 0 Å². The Labute approximate surface area is 328 Å². The van der Waals surface area contributed by atoms with Crippen LogP contribution in [0.4, 0.5) is 56.9 Å². The van der Waals surface area contributed by atoms with Crippen LogP contribution in [0.2, 0.25) is 0 Å². The van der Waals surface area contributed by atoms with Crippen molar-refractivity contribution in [3.8, 4) is 22.3 Å². The van der Waals surface area contributed by atoms with Crippen molar-refractivity contribution < 1.29 is 0 Å². The Morgan fingerprint density at radius 1 is 0.304 bits per heavy atom. The molecule has 4 nitrogen and oxygen atoms in total. The number of nitrogens with zero attached hydrogens (tertiary/aromatic N) is 4. The second kappa shape index (κ2) is 11.9. The normalized spacial score (nSPS) is 14.5. The maximum absolute atomic E-state index is 2.48. The van der Waals surface area contributed by atoms with Gasteiger partial charge in [0.2, 0.25) is 0 Å². The summed E-state index contributed by atoms with van der Waals surface area (Å²) in [5, 5.41) is 2.65. The third-order valence-electron chi connectivity index (χ3n) is 12.9. The Balaban J connectivity index is 1.00. The third kappa shape index (κ3) is 4.41. The summed E-state index contributed by atoms with van der Waals surface area (Å²) in [4.78, 5) is 9.78. The summed E-state index contributed by atoms with van der Waals surface area (Å²) in [5.41, 5.74) is 23.1. The van der Waals surface area contributed by atoms with E-state index in [-0.39, 0.29) is 0 Å². The van der Waals surface area contributed by atoms with E-state index in [1.54, 1.807) is 0 Å². The number of rotatable bonds is 2. The van der Waals surface area contributed by atoms with Gasteiger partial charge in [0.25, 0.3) is 0 Å². The zero-order chi connectivity index (χ0) is 37.1. The van der Waals surface area contributed by atoms with Gasteiger partial charge in [0.15, 0.2) is 0 Å². The van der Waals surface area contributed by atoms with Gasteiger partial charge in [0, 0.05) is 81.5 Å². The van der Waals surface area contributed by atoms with Crippen LogP contribution in [0.15, 0.2) is 158 Å². The maximum Gasteiger partial charge on any atom is 0.0509 e. The highest BCUT2D eigenvalue weighted by Gasteiger charge is 2.32. The molecule has 268 valence electrons. The molecule has 0 N–H and O–H groups in total. The van der Waals surface area contributed by atoms with Crippen LogP contribution in [-0.2, 0) is 25.7 Å². The van der Waals surface area contributed by atoms with E-state index in [2.05, 4.69) is 191 Å². The average molecular weight is 721 g/mol. The molecule has 56 heavy (non-hydrogen) atoms. The Morgan fingerprint density at radius 3 is 0.982 bits per heavy atom. The monoisotopic (exact) mass is 720 g/mol. The summed E-state index contributed by atoms with van der Waals surface area (Å²) in [6, 6.07) is 59.2. The molecule has 0 amide bonds. The highest BCUT2D eigenvalue weighted by atomic mass is 15.2. The van der Waals surface area contributed by atoms with Crippen LogP contribution in [-0.4, -0.2) is 14.1 Å². The first-order chi connectivity index (χ1) is 27.6. The molecule has 0 bridgehead atoms. The first kappa shape index (κ1) is 31.6. The van der Waals surface area contributed by atoms with Crippen LogP contribution in [0.1, 0.15) is 22.3 Å². The number of hydrogen-bond donors (Lipinski definition) is 0. The van der Waals surface area contributed by atoms with Crippen molar-refractivity contribution in [2.45, 2.75) is 25.7 Å². The molecule has 4 heteroatoms. The van der Waals surface area contributed by atoms with Gasteiger partial charge in [-0.1, -0.05) is 97.1 Å². The summed E-state index contributed by atoms with van der Waals surface area (Å²) >= 11 is 0. The van der Waals surface area contributed by atoms with E-state index in [9.17, 15) is 0 Å². The largest absolute Gasteiger partial charge is 0.344 e. The molecule has 8 aromatic carbocycles. The topological polar surface area (TPSA) is 13.0 Å². The van der Waals surface area contributed by atoms with Gasteiger partial charge in [0.1, 0.15) is 0 Å². The number of para-hydroxylation sites is 4. The van der Waals surface area contributed by atoms with E-state index >= 15 is 0 Å². The summed E-state index contributed by atoms with van der Waals surface area (Å²) in [6.07, 6.45) is 4.14. The molecule has 0 spiro atoms. The Morgan fingerprint density at radius 2 is 0.625 bits per heavy atom. The molecule has 0 unspecified atom stereocenters. The number of hydrogen-bond acceptors (Lipinski definition) is 4. The van der Waals surface area contributed by atoms with Gasteiger partial charge in [-0.05, 0) is 120 Å². The van der Waals surface area contributed by atoms with Gasteiger partial charge in [0.05, 0.1) is 11.4 Å². The first-order valence-electron chi connectivity index (χ1n) is 19.9. The van der Waals surface area contributed by atoms with E-state index in [1.165, 1.54) is 112 Å². The molecule has 0 atom stereocenters. The van der Waals surface area contributed by atoms with E-state index in [0.717, 1.165) is 25.7 Å². The molecule has 0 saturated carbocycles. The molecule has 0 fully saturated rings. The van der Waals surface area contributed by atoms with Crippen molar-refractivity contribution in [2.24, 2.45) is 0 Å². The van der Waals surface area contributed by atoms with Crippen molar-refractivity contribution in [1.29, 1.82) is 0 Å². The van der Waals surface area contributed by atoms with Crippen LogP contribution < -0.4 is 19.6 Å². The Hall–Kier alpha value is -6.78. The molecule has 12 rings (SSSR count). The first-order valence-corrected chi connectivity index (χ1v) is 19.9. The Bertz CT molecular complexity index is 2650. The predicted octanol–water partition coefficient (Wildman–Crippen LogP) is 13.5. The Kier molecular flexibility index (Phi) is 6.68. The minimum Gasteiger partial charge on any atom is -0.344 e. The lowest BCUT2D eigenvalue weighted by Gasteiger charge is -2.37. The van der Waals surface area contributed by atoms with Crippen LogP contribution in [0.3, 0.4) is 0 Å². The standard InChI is InChI=1S/C52H40N4/c1-53-47-29-30-48-52-42(40-26-24-38(32-50(40)54(48)2)56-45-17-9-5-13-35(45)21-22-36-14-6-10-18-46(36)56)28-27-41(51(47)52)39-25-23-37(31-49(39)53)55-43-15-7-3-11-33(43)19-20-34-12-4-8-16-44(34)55/h3-18,23-32H,19-22H2,1-2H3. The number of benzene rings is 8. The SMILES string of the molecule is CN1c2cc(N3c4ccccc4CCc4ccccc43)ccc2-c2ccc3c4c(ccc1c24)N(C)c1cc(N2c4ccccc4CCc4ccccc42)ccc1-3. The van der Waals surface area contributed by atoms with Gasteiger partial charge < -0.3 is 19.6 Å². The van der Waals surface area contributed by atoms with Crippen molar-refractivity contribution in [3.05, 3.63) is 180 Å².